The van der Waals surface area contributed by atoms with Gasteiger partial charge in [0, 0.05) is 18.1 Å². The first kappa shape index (κ1) is 18.7. The SMILES string of the molecule is CC1CCC(C)C(c2ccc(-c3ccc(C(C)N4CCCC4)cc3)cc2)N1. The molecule has 27 heavy (non-hydrogen) atoms. The number of hydrogen-bond donors (Lipinski definition) is 1. The van der Waals surface area contributed by atoms with E-state index in [4.69, 9.17) is 0 Å². The van der Waals surface area contributed by atoms with Crippen molar-refractivity contribution in [3.05, 3.63) is 59.7 Å². The summed E-state index contributed by atoms with van der Waals surface area (Å²) in [6.45, 7) is 9.51. The fraction of sp³-hybridized carbons (Fsp3) is 0.520. The summed E-state index contributed by atoms with van der Waals surface area (Å²) >= 11 is 0. The lowest BCUT2D eigenvalue weighted by Crippen LogP contribution is -2.39. The number of nitrogens with zero attached hydrogens (tertiary/aromatic N) is 1. The van der Waals surface area contributed by atoms with E-state index in [-0.39, 0.29) is 0 Å². The number of piperidine rings is 1. The van der Waals surface area contributed by atoms with Crippen LogP contribution in [0, 0.1) is 5.92 Å². The number of benzene rings is 2. The standard InChI is InChI=1S/C25H34N2/c1-18-6-7-19(2)26-25(18)24-14-12-23(13-15-24)22-10-8-21(9-11-22)20(3)27-16-4-5-17-27/h8-15,18-20,25-26H,4-7,16-17H2,1-3H3. The molecule has 144 valence electrons. The second-order valence-electron chi connectivity index (χ2n) is 8.76. The van der Waals surface area contributed by atoms with Crippen molar-refractivity contribution in [1.82, 2.24) is 10.2 Å². The van der Waals surface area contributed by atoms with E-state index in [0.29, 0.717) is 24.0 Å². The Morgan fingerprint density at radius 2 is 1.44 bits per heavy atom. The molecule has 4 atom stereocenters. The zero-order chi connectivity index (χ0) is 18.8. The second kappa shape index (κ2) is 8.16. The number of rotatable bonds is 4. The first-order valence-corrected chi connectivity index (χ1v) is 10.8. The van der Waals surface area contributed by atoms with Crippen molar-refractivity contribution in [2.24, 2.45) is 5.92 Å². The third-order valence-electron chi connectivity index (χ3n) is 6.77. The maximum absolute atomic E-state index is 3.78. The molecule has 2 aliphatic rings. The predicted octanol–water partition coefficient (Wildman–Crippen LogP) is 5.96. The monoisotopic (exact) mass is 362 g/mol. The number of hydrogen-bond acceptors (Lipinski definition) is 2. The highest BCUT2D eigenvalue weighted by Gasteiger charge is 2.25. The molecule has 0 aromatic heterocycles. The average Bonchev–Trinajstić information content (AvgIpc) is 3.24. The minimum atomic E-state index is 0.492. The summed E-state index contributed by atoms with van der Waals surface area (Å²) in [4.78, 5) is 2.60. The van der Waals surface area contributed by atoms with Gasteiger partial charge in [-0.05, 0) is 80.8 Å². The summed E-state index contributed by atoms with van der Waals surface area (Å²) in [5.74, 6) is 0.707. The van der Waals surface area contributed by atoms with Gasteiger partial charge in [-0.3, -0.25) is 4.90 Å². The zero-order valence-electron chi connectivity index (χ0n) is 17.1. The van der Waals surface area contributed by atoms with E-state index in [0.717, 1.165) is 0 Å². The Bertz CT molecular complexity index is 728. The Labute approximate surface area is 165 Å². The number of nitrogens with one attached hydrogen (secondary N) is 1. The van der Waals surface area contributed by atoms with Gasteiger partial charge in [0.1, 0.15) is 0 Å². The smallest absolute Gasteiger partial charge is 0.0348 e. The van der Waals surface area contributed by atoms with E-state index in [9.17, 15) is 0 Å². The van der Waals surface area contributed by atoms with E-state index in [1.165, 1.54) is 61.0 Å². The van der Waals surface area contributed by atoms with E-state index in [1.54, 1.807) is 0 Å². The van der Waals surface area contributed by atoms with Gasteiger partial charge < -0.3 is 5.32 Å². The third kappa shape index (κ3) is 4.12. The van der Waals surface area contributed by atoms with E-state index in [2.05, 4.69) is 79.5 Å². The van der Waals surface area contributed by atoms with E-state index in [1.807, 2.05) is 0 Å². The molecule has 2 heterocycles. The van der Waals surface area contributed by atoms with Crippen LogP contribution in [0.2, 0.25) is 0 Å². The van der Waals surface area contributed by atoms with Crippen molar-refractivity contribution in [3.8, 4) is 11.1 Å². The molecule has 0 radical (unpaired) electrons. The van der Waals surface area contributed by atoms with Crippen LogP contribution in [-0.4, -0.2) is 24.0 Å². The molecule has 0 saturated carbocycles. The summed E-state index contributed by atoms with van der Waals surface area (Å²) in [5.41, 5.74) is 5.50. The van der Waals surface area contributed by atoms with Gasteiger partial charge in [-0.15, -0.1) is 0 Å². The molecule has 2 heteroatoms. The molecule has 0 amide bonds. The summed E-state index contributed by atoms with van der Waals surface area (Å²) in [5, 5.41) is 3.78. The Morgan fingerprint density at radius 3 is 2.07 bits per heavy atom. The van der Waals surface area contributed by atoms with Crippen LogP contribution >= 0.6 is 0 Å². The molecule has 0 bridgehead atoms. The van der Waals surface area contributed by atoms with Gasteiger partial charge in [-0.1, -0.05) is 55.5 Å². The highest BCUT2D eigenvalue weighted by molar-refractivity contribution is 5.64. The van der Waals surface area contributed by atoms with Crippen molar-refractivity contribution >= 4 is 0 Å². The molecular formula is C25H34N2. The predicted molar refractivity (Wildman–Crippen MR) is 115 cm³/mol. The molecule has 2 saturated heterocycles. The normalized spacial score (nSPS) is 27.6. The number of likely N-dealkylation sites (tertiary alicyclic amines) is 1. The largest absolute Gasteiger partial charge is 0.307 e. The minimum Gasteiger partial charge on any atom is -0.307 e. The lowest BCUT2D eigenvalue weighted by Gasteiger charge is -2.34. The molecule has 4 unspecified atom stereocenters. The van der Waals surface area contributed by atoms with Gasteiger partial charge in [0.15, 0.2) is 0 Å². The zero-order valence-corrected chi connectivity index (χ0v) is 17.1. The van der Waals surface area contributed by atoms with Crippen LogP contribution in [0.5, 0.6) is 0 Å². The van der Waals surface area contributed by atoms with Gasteiger partial charge in [-0.2, -0.15) is 0 Å². The van der Waals surface area contributed by atoms with E-state index >= 15 is 0 Å². The molecule has 0 spiro atoms. The first-order chi connectivity index (χ1) is 13.1. The van der Waals surface area contributed by atoms with Gasteiger partial charge in [0.05, 0.1) is 0 Å². The van der Waals surface area contributed by atoms with Crippen LogP contribution < -0.4 is 5.32 Å². The maximum Gasteiger partial charge on any atom is 0.0348 e. The van der Waals surface area contributed by atoms with Crippen LogP contribution in [0.4, 0.5) is 0 Å². The van der Waals surface area contributed by atoms with E-state index < -0.39 is 0 Å². The maximum atomic E-state index is 3.78. The first-order valence-electron chi connectivity index (χ1n) is 10.8. The van der Waals surface area contributed by atoms with Gasteiger partial charge in [0.2, 0.25) is 0 Å². The summed E-state index contributed by atoms with van der Waals surface area (Å²) in [7, 11) is 0. The van der Waals surface area contributed by atoms with Crippen molar-refractivity contribution in [1.29, 1.82) is 0 Å². The van der Waals surface area contributed by atoms with Crippen molar-refractivity contribution in [2.45, 2.75) is 64.6 Å². The Hall–Kier alpha value is -1.64. The highest BCUT2D eigenvalue weighted by Crippen LogP contribution is 2.32. The van der Waals surface area contributed by atoms with Crippen LogP contribution in [0.3, 0.4) is 0 Å². The molecule has 2 nitrogen and oxygen atoms in total. The molecule has 1 N–H and O–H groups in total. The molecule has 0 aliphatic carbocycles. The molecule has 2 aromatic rings. The summed E-state index contributed by atoms with van der Waals surface area (Å²) < 4.78 is 0. The average molecular weight is 363 g/mol. The van der Waals surface area contributed by atoms with Gasteiger partial charge in [-0.25, -0.2) is 0 Å². The van der Waals surface area contributed by atoms with Crippen LogP contribution in [0.25, 0.3) is 11.1 Å². The molecule has 2 aromatic carbocycles. The van der Waals surface area contributed by atoms with Crippen LogP contribution in [0.1, 0.15) is 69.7 Å². The third-order valence-corrected chi connectivity index (χ3v) is 6.77. The Morgan fingerprint density at radius 1 is 0.852 bits per heavy atom. The van der Waals surface area contributed by atoms with Crippen molar-refractivity contribution in [3.63, 3.8) is 0 Å². The molecule has 2 fully saturated rings. The van der Waals surface area contributed by atoms with Gasteiger partial charge in [0.25, 0.3) is 0 Å². The Kier molecular flexibility index (Phi) is 5.66. The topological polar surface area (TPSA) is 15.3 Å². The Balaban J connectivity index is 1.47. The fourth-order valence-electron chi connectivity index (χ4n) is 4.84. The molecular weight excluding hydrogens is 328 g/mol. The quantitative estimate of drug-likeness (QED) is 0.722. The second-order valence-corrected chi connectivity index (χ2v) is 8.76. The summed E-state index contributed by atoms with van der Waals surface area (Å²) in [6, 6.07) is 20.1. The van der Waals surface area contributed by atoms with Gasteiger partial charge >= 0.3 is 0 Å². The summed E-state index contributed by atoms with van der Waals surface area (Å²) in [6.07, 6.45) is 5.30. The van der Waals surface area contributed by atoms with Crippen LogP contribution in [0.15, 0.2) is 48.5 Å². The molecule has 2 aliphatic heterocycles. The lowest BCUT2D eigenvalue weighted by atomic mass is 9.85. The van der Waals surface area contributed by atoms with Crippen molar-refractivity contribution < 1.29 is 0 Å². The minimum absolute atomic E-state index is 0.492. The van der Waals surface area contributed by atoms with Crippen molar-refractivity contribution in [2.75, 3.05) is 13.1 Å². The lowest BCUT2D eigenvalue weighted by molar-refractivity contribution is 0.258. The molecule has 4 rings (SSSR count). The fourth-order valence-corrected chi connectivity index (χ4v) is 4.84. The van der Waals surface area contributed by atoms with Crippen LogP contribution in [-0.2, 0) is 0 Å². The highest BCUT2D eigenvalue weighted by atomic mass is 15.2.